The summed E-state index contributed by atoms with van der Waals surface area (Å²) in [5, 5.41) is 15.1. The van der Waals surface area contributed by atoms with Crippen LogP contribution in [-0.2, 0) is 11.3 Å². The smallest absolute Gasteiger partial charge is 0.267 e. The maximum atomic E-state index is 12.7. The second-order valence-corrected chi connectivity index (χ2v) is 7.96. The Morgan fingerprint density at radius 3 is 2.69 bits per heavy atom. The molecule has 1 aromatic heterocycles. The fourth-order valence-corrected chi connectivity index (χ4v) is 3.49. The first-order valence-corrected chi connectivity index (χ1v) is 10.0. The van der Waals surface area contributed by atoms with Gasteiger partial charge in [0.2, 0.25) is 5.91 Å². The maximum absolute atomic E-state index is 12.7. The Labute approximate surface area is 170 Å². The minimum atomic E-state index is -0.980. The van der Waals surface area contributed by atoms with Crippen molar-refractivity contribution >= 4 is 5.91 Å². The zero-order valence-electron chi connectivity index (χ0n) is 17.4. The third kappa shape index (κ3) is 5.44. The molecule has 1 saturated heterocycles. The standard InChI is InChI=1S/C22H29N3O4/c1-16-5-7-19(13-17(16)2)29-15-22(28)9-4-11-24(12-10-22)21(27)14-25-20(26)8-6-18(3)23-25/h5-8,13,28H,4,9-12,14-15H2,1-3H3. The Morgan fingerprint density at radius 2 is 1.93 bits per heavy atom. The van der Waals surface area contributed by atoms with Crippen LogP contribution in [0.2, 0.25) is 0 Å². The highest BCUT2D eigenvalue weighted by Crippen LogP contribution is 2.25. The van der Waals surface area contributed by atoms with Gasteiger partial charge in [-0.25, -0.2) is 4.68 Å². The molecule has 0 aliphatic carbocycles. The first kappa shape index (κ1) is 21.0. The van der Waals surface area contributed by atoms with Gasteiger partial charge in [-0.3, -0.25) is 9.59 Å². The molecular formula is C22H29N3O4. The summed E-state index contributed by atoms with van der Waals surface area (Å²) in [6.07, 6.45) is 1.67. The number of aryl methyl sites for hydroxylation is 3. The molecule has 1 fully saturated rings. The Bertz CT molecular complexity index is 940. The quantitative estimate of drug-likeness (QED) is 0.831. The number of aliphatic hydroxyl groups is 1. The molecule has 0 bridgehead atoms. The number of rotatable bonds is 5. The van der Waals surface area contributed by atoms with E-state index in [1.165, 1.54) is 16.3 Å². The van der Waals surface area contributed by atoms with Crippen LogP contribution in [0.15, 0.2) is 35.1 Å². The largest absolute Gasteiger partial charge is 0.491 e. The molecule has 1 aliphatic heterocycles. The van der Waals surface area contributed by atoms with Gasteiger partial charge in [-0.2, -0.15) is 5.10 Å². The lowest BCUT2D eigenvalue weighted by molar-refractivity contribution is -0.132. The topological polar surface area (TPSA) is 84.7 Å². The van der Waals surface area contributed by atoms with Crippen LogP contribution in [0.4, 0.5) is 0 Å². The van der Waals surface area contributed by atoms with Crippen molar-refractivity contribution < 1.29 is 14.6 Å². The SMILES string of the molecule is Cc1ccc(=O)n(CC(=O)N2CCCC(O)(COc3ccc(C)c(C)c3)CC2)n1. The van der Waals surface area contributed by atoms with Gasteiger partial charge in [0.25, 0.3) is 5.56 Å². The Balaban J connectivity index is 1.58. The average molecular weight is 399 g/mol. The van der Waals surface area contributed by atoms with Crippen molar-refractivity contribution in [3.63, 3.8) is 0 Å². The molecule has 7 nitrogen and oxygen atoms in total. The molecule has 0 radical (unpaired) electrons. The van der Waals surface area contributed by atoms with Gasteiger partial charge in [0.15, 0.2) is 0 Å². The predicted molar refractivity (Wildman–Crippen MR) is 110 cm³/mol. The van der Waals surface area contributed by atoms with Crippen LogP contribution in [0.1, 0.15) is 36.1 Å². The van der Waals surface area contributed by atoms with Gasteiger partial charge in [-0.1, -0.05) is 6.07 Å². The van der Waals surface area contributed by atoms with E-state index in [1.54, 1.807) is 17.9 Å². The second-order valence-electron chi connectivity index (χ2n) is 7.96. The van der Waals surface area contributed by atoms with E-state index in [2.05, 4.69) is 5.10 Å². The van der Waals surface area contributed by atoms with Gasteiger partial charge in [-0.05, 0) is 69.4 Å². The first-order chi connectivity index (χ1) is 13.8. The molecule has 0 saturated carbocycles. The molecule has 1 aromatic carbocycles. The molecule has 7 heteroatoms. The van der Waals surface area contributed by atoms with Crippen molar-refractivity contribution in [3.8, 4) is 5.75 Å². The second kappa shape index (κ2) is 8.78. The fourth-order valence-electron chi connectivity index (χ4n) is 3.49. The fraction of sp³-hybridized carbons (Fsp3) is 0.500. The molecule has 1 N–H and O–H groups in total. The van der Waals surface area contributed by atoms with Gasteiger partial charge in [0.1, 0.15) is 24.5 Å². The van der Waals surface area contributed by atoms with Crippen LogP contribution in [-0.4, -0.2) is 51.0 Å². The molecule has 1 atom stereocenters. The molecule has 1 unspecified atom stereocenters. The number of benzene rings is 1. The summed E-state index contributed by atoms with van der Waals surface area (Å²) in [7, 11) is 0. The lowest BCUT2D eigenvalue weighted by Gasteiger charge is -2.27. The van der Waals surface area contributed by atoms with Crippen molar-refractivity contribution in [1.29, 1.82) is 0 Å². The van der Waals surface area contributed by atoms with Crippen molar-refractivity contribution in [2.75, 3.05) is 19.7 Å². The molecule has 3 rings (SSSR count). The Hall–Kier alpha value is -2.67. The number of hydrogen-bond donors (Lipinski definition) is 1. The third-order valence-electron chi connectivity index (χ3n) is 5.54. The molecule has 29 heavy (non-hydrogen) atoms. The van der Waals surface area contributed by atoms with Crippen LogP contribution in [0.5, 0.6) is 5.75 Å². The summed E-state index contributed by atoms with van der Waals surface area (Å²) >= 11 is 0. The maximum Gasteiger partial charge on any atom is 0.267 e. The highest BCUT2D eigenvalue weighted by atomic mass is 16.5. The number of nitrogens with zero attached hydrogens (tertiary/aromatic N) is 3. The van der Waals surface area contributed by atoms with Crippen molar-refractivity contribution in [1.82, 2.24) is 14.7 Å². The van der Waals surface area contributed by atoms with Gasteiger partial charge in [0.05, 0.1) is 5.69 Å². The minimum Gasteiger partial charge on any atom is -0.491 e. The summed E-state index contributed by atoms with van der Waals surface area (Å²) in [5.74, 6) is 0.577. The highest BCUT2D eigenvalue weighted by Gasteiger charge is 2.32. The van der Waals surface area contributed by atoms with Crippen LogP contribution in [0, 0.1) is 20.8 Å². The van der Waals surface area contributed by atoms with E-state index in [9.17, 15) is 14.7 Å². The summed E-state index contributed by atoms with van der Waals surface area (Å²) in [6, 6.07) is 8.93. The molecular weight excluding hydrogens is 370 g/mol. The van der Waals surface area contributed by atoms with E-state index in [1.807, 2.05) is 32.0 Å². The number of aromatic nitrogens is 2. The van der Waals surface area contributed by atoms with Crippen LogP contribution in [0.25, 0.3) is 0 Å². The summed E-state index contributed by atoms with van der Waals surface area (Å²) < 4.78 is 7.04. The number of carbonyl (C=O) groups is 1. The molecule has 1 amide bonds. The number of hydrogen-bond acceptors (Lipinski definition) is 5. The van der Waals surface area contributed by atoms with E-state index in [0.29, 0.717) is 38.0 Å². The molecule has 156 valence electrons. The monoisotopic (exact) mass is 399 g/mol. The summed E-state index contributed by atoms with van der Waals surface area (Å²) in [6.45, 7) is 6.93. The predicted octanol–water partition coefficient (Wildman–Crippen LogP) is 1.99. The first-order valence-electron chi connectivity index (χ1n) is 10.0. The lowest BCUT2D eigenvalue weighted by Crippen LogP contribution is -2.40. The van der Waals surface area contributed by atoms with Gasteiger partial charge >= 0.3 is 0 Å². The van der Waals surface area contributed by atoms with E-state index in [-0.39, 0.29) is 24.6 Å². The van der Waals surface area contributed by atoms with Crippen LogP contribution < -0.4 is 10.3 Å². The summed E-state index contributed by atoms with van der Waals surface area (Å²) in [4.78, 5) is 26.3. The average Bonchev–Trinajstić information content (AvgIpc) is 2.88. The van der Waals surface area contributed by atoms with Crippen molar-refractivity contribution in [2.45, 2.75) is 52.2 Å². The zero-order chi connectivity index (χ0) is 21.0. The van der Waals surface area contributed by atoms with Gasteiger partial charge in [0, 0.05) is 19.2 Å². The molecule has 2 aromatic rings. The molecule has 0 spiro atoms. The van der Waals surface area contributed by atoms with E-state index in [0.717, 1.165) is 11.3 Å². The number of amides is 1. The van der Waals surface area contributed by atoms with Crippen LogP contribution in [0.3, 0.4) is 0 Å². The lowest BCUT2D eigenvalue weighted by atomic mass is 9.96. The number of likely N-dealkylation sites (tertiary alicyclic amines) is 1. The Morgan fingerprint density at radius 1 is 1.14 bits per heavy atom. The zero-order valence-corrected chi connectivity index (χ0v) is 17.4. The van der Waals surface area contributed by atoms with Gasteiger partial charge in [-0.15, -0.1) is 0 Å². The number of carbonyl (C=O) groups excluding carboxylic acids is 1. The molecule has 1 aliphatic rings. The Kier molecular flexibility index (Phi) is 6.37. The van der Waals surface area contributed by atoms with Crippen LogP contribution >= 0.6 is 0 Å². The molecule has 2 heterocycles. The third-order valence-corrected chi connectivity index (χ3v) is 5.54. The minimum absolute atomic E-state index is 0.0852. The van der Waals surface area contributed by atoms with E-state index < -0.39 is 5.60 Å². The van der Waals surface area contributed by atoms with E-state index in [4.69, 9.17) is 4.74 Å². The van der Waals surface area contributed by atoms with Gasteiger partial charge < -0.3 is 14.7 Å². The normalized spacial score (nSPS) is 19.7. The number of ether oxygens (including phenoxy) is 1. The highest BCUT2D eigenvalue weighted by molar-refractivity contribution is 5.75. The van der Waals surface area contributed by atoms with E-state index >= 15 is 0 Å². The van der Waals surface area contributed by atoms with Crippen molar-refractivity contribution in [2.24, 2.45) is 0 Å². The summed E-state index contributed by atoms with van der Waals surface area (Å²) in [5.41, 5.74) is 1.75. The van der Waals surface area contributed by atoms with Crippen molar-refractivity contribution in [3.05, 3.63) is 57.5 Å².